The van der Waals surface area contributed by atoms with Crippen molar-refractivity contribution in [2.24, 2.45) is 0 Å². The largest absolute Gasteiger partial charge is 0.491 e. The molecule has 2 aromatic rings. The van der Waals surface area contributed by atoms with Crippen molar-refractivity contribution in [2.75, 3.05) is 6.61 Å². The lowest BCUT2D eigenvalue weighted by atomic mass is 10.1. The maximum Gasteiger partial charge on any atom is 0.224 e. The van der Waals surface area contributed by atoms with Gasteiger partial charge in [-0.25, -0.2) is 0 Å². The Morgan fingerprint density at radius 3 is 2.52 bits per heavy atom. The van der Waals surface area contributed by atoms with Gasteiger partial charge in [0.15, 0.2) is 0 Å². The van der Waals surface area contributed by atoms with Gasteiger partial charge in [0.05, 0.1) is 25.2 Å². The molecule has 0 aromatic heterocycles. The Bertz CT molecular complexity index is 626. The van der Waals surface area contributed by atoms with E-state index in [1.165, 1.54) is 0 Å². The van der Waals surface area contributed by atoms with Crippen molar-refractivity contribution in [2.45, 2.75) is 32.4 Å². The molecule has 4 heteroatoms. The topological polar surface area (TPSA) is 58.6 Å². The summed E-state index contributed by atoms with van der Waals surface area (Å²) < 4.78 is 5.64. The highest BCUT2D eigenvalue weighted by Gasteiger charge is 2.14. The van der Waals surface area contributed by atoms with E-state index in [9.17, 15) is 9.90 Å². The number of benzene rings is 2. The summed E-state index contributed by atoms with van der Waals surface area (Å²) in [5, 5.41) is 12.4. The van der Waals surface area contributed by atoms with Gasteiger partial charge in [-0.1, -0.05) is 42.5 Å². The predicted octanol–water partition coefficient (Wildman–Crippen LogP) is 2.87. The van der Waals surface area contributed by atoms with Crippen LogP contribution in [0.3, 0.4) is 0 Å². The summed E-state index contributed by atoms with van der Waals surface area (Å²) in [6.45, 7) is 3.79. The fourth-order valence-electron chi connectivity index (χ4n) is 2.35. The number of carbonyl (C=O) groups is 1. The van der Waals surface area contributed by atoms with Crippen molar-refractivity contribution >= 4 is 5.91 Å². The zero-order chi connectivity index (χ0) is 16.7. The Morgan fingerprint density at radius 1 is 1.13 bits per heavy atom. The Hall–Kier alpha value is -2.33. The molecule has 122 valence electrons. The molecular formula is C19H23NO3. The van der Waals surface area contributed by atoms with Gasteiger partial charge in [0.1, 0.15) is 5.75 Å². The van der Waals surface area contributed by atoms with Crippen molar-refractivity contribution in [3.8, 4) is 5.75 Å². The van der Waals surface area contributed by atoms with E-state index in [-0.39, 0.29) is 25.0 Å². The number of amides is 1. The molecule has 0 spiro atoms. The Kier molecular flexibility index (Phi) is 6.18. The van der Waals surface area contributed by atoms with Crippen LogP contribution < -0.4 is 10.1 Å². The highest BCUT2D eigenvalue weighted by atomic mass is 16.5. The first-order valence-electron chi connectivity index (χ1n) is 7.79. The first-order chi connectivity index (χ1) is 11.1. The van der Waals surface area contributed by atoms with Gasteiger partial charge in [-0.15, -0.1) is 0 Å². The van der Waals surface area contributed by atoms with Crippen molar-refractivity contribution in [1.29, 1.82) is 0 Å². The first kappa shape index (κ1) is 17.0. The number of nitrogens with one attached hydrogen (secondary N) is 1. The standard InChI is InChI=1S/C19H23NO3/c1-14(2)23-17-10-6-7-15(11-17)12-19(22)20-18(13-21)16-8-4-3-5-9-16/h3-11,14,18,21H,12-13H2,1-2H3,(H,20,22). The van der Waals surface area contributed by atoms with E-state index in [0.29, 0.717) is 0 Å². The first-order valence-corrected chi connectivity index (χ1v) is 7.79. The summed E-state index contributed by atoms with van der Waals surface area (Å²) in [5.41, 5.74) is 1.77. The number of hydrogen-bond donors (Lipinski definition) is 2. The number of hydrogen-bond acceptors (Lipinski definition) is 3. The molecular weight excluding hydrogens is 290 g/mol. The second kappa shape index (κ2) is 8.34. The summed E-state index contributed by atoms with van der Waals surface area (Å²) in [6.07, 6.45) is 0.342. The molecule has 0 fully saturated rings. The van der Waals surface area contributed by atoms with Gasteiger partial charge in [0.2, 0.25) is 5.91 Å². The lowest BCUT2D eigenvalue weighted by Gasteiger charge is -2.17. The van der Waals surface area contributed by atoms with Crippen LogP contribution in [0.25, 0.3) is 0 Å². The Morgan fingerprint density at radius 2 is 1.87 bits per heavy atom. The molecule has 0 bridgehead atoms. The lowest BCUT2D eigenvalue weighted by molar-refractivity contribution is -0.121. The van der Waals surface area contributed by atoms with Gasteiger partial charge in [-0.3, -0.25) is 4.79 Å². The average Bonchev–Trinajstić information content (AvgIpc) is 2.53. The minimum Gasteiger partial charge on any atom is -0.491 e. The number of aliphatic hydroxyl groups is 1. The van der Waals surface area contributed by atoms with E-state index in [1.54, 1.807) is 0 Å². The van der Waals surface area contributed by atoms with Gasteiger partial charge in [0.25, 0.3) is 0 Å². The fourth-order valence-corrected chi connectivity index (χ4v) is 2.35. The van der Waals surface area contributed by atoms with Crippen LogP contribution in [0, 0.1) is 0 Å². The van der Waals surface area contributed by atoms with E-state index in [1.807, 2.05) is 68.4 Å². The molecule has 2 aromatic carbocycles. The number of rotatable bonds is 7. The molecule has 1 atom stereocenters. The van der Waals surface area contributed by atoms with Gasteiger partial charge < -0.3 is 15.2 Å². The number of aliphatic hydroxyl groups excluding tert-OH is 1. The van der Waals surface area contributed by atoms with Crippen LogP contribution >= 0.6 is 0 Å². The molecule has 0 radical (unpaired) electrons. The Labute approximate surface area is 137 Å². The summed E-state index contributed by atoms with van der Waals surface area (Å²) >= 11 is 0. The monoisotopic (exact) mass is 313 g/mol. The lowest BCUT2D eigenvalue weighted by Crippen LogP contribution is -2.31. The molecule has 0 aliphatic rings. The van der Waals surface area contributed by atoms with E-state index >= 15 is 0 Å². The molecule has 1 unspecified atom stereocenters. The van der Waals surface area contributed by atoms with Gasteiger partial charge >= 0.3 is 0 Å². The second-order valence-electron chi connectivity index (χ2n) is 5.70. The van der Waals surface area contributed by atoms with E-state index in [4.69, 9.17) is 4.74 Å². The molecule has 2 N–H and O–H groups in total. The average molecular weight is 313 g/mol. The van der Waals surface area contributed by atoms with E-state index < -0.39 is 6.04 Å². The van der Waals surface area contributed by atoms with Crippen molar-refractivity contribution in [3.63, 3.8) is 0 Å². The minimum absolute atomic E-state index is 0.0935. The van der Waals surface area contributed by atoms with Crippen LogP contribution in [0.4, 0.5) is 0 Å². The van der Waals surface area contributed by atoms with Crippen LogP contribution in [0.2, 0.25) is 0 Å². The molecule has 0 saturated heterocycles. The smallest absolute Gasteiger partial charge is 0.224 e. The van der Waals surface area contributed by atoms with E-state index in [2.05, 4.69) is 5.32 Å². The maximum atomic E-state index is 12.2. The highest BCUT2D eigenvalue weighted by molar-refractivity contribution is 5.79. The third-order valence-electron chi connectivity index (χ3n) is 3.35. The number of ether oxygens (including phenoxy) is 1. The van der Waals surface area contributed by atoms with Crippen LogP contribution in [-0.4, -0.2) is 23.7 Å². The molecule has 4 nitrogen and oxygen atoms in total. The minimum atomic E-state index is -0.390. The normalized spacial score (nSPS) is 12.0. The predicted molar refractivity (Wildman–Crippen MR) is 90.3 cm³/mol. The van der Waals surface area contributed by atoms with Gasteiger partial charge in [0, 0.05) is 0 Å². The molecule has 23 heavy (non-hydrogen) atoms. The maximum absolute atomic E-state index is 12.2. The van der Waals surface area contributed by atoms with Crippen LogP contribution in [0.15, 0.2) is 54.6 Å². The SMILES string of the molecule is CC(C)Oc1cccc(CC(=O)NC(CO)c2ccccc2)c1. The number of carbonyl (C=O) groups excluding carboxylic acids is 1. The summed E-state index contributed by atoms with van der Waals surface area (Å²) in [7, 11) is 0. The van der Waals surface area contributed by atoms with Crippen molar-refractivity contribution in [1.82, 2.24) is 5.32 Å². The summed E-state index contributed by atoms with van der Waals surface area (Å²) in [4.78, 5) is 12.2. The van der Waals surface area contributed by atoms with Gasteiger partial charge in [-0.2, -0.15) is 0 Å². The van der Waals surface area contributed by atoms with Crippen LogP contribution in [-0.2, 0) is 11.2 Å². The molecule has 0 aliphatic heterocycles. The van der Waals surface area contributed by atoms with Crippen molar-refractivity contribution < 1.29 is 14.6 Å². The van der Waals surface area contributed by atoms with Crippen LogP contribution in [0.1, 0.15) is 31.0 Å². The summed E-state index contributed by atoms with van der Waals surface area (Å²) in [5.74, 6) is 0.627. The van der Waals surface area contributed by atoms with Gasteiger partial charge in [-0.05, 0) is 37.1 Å². The Balaban J connectivity index is 1.98. The molecule has 2 rings (SSSR count). The zero-order valence-corrected chi connectivity index (χ0v) is 13.5. The highest BCUT2D eigenvalue weighted by Crippen LogP contribution is 2.16. The van der Waals surface area contributed by atoms with Crippen LogP contribution in [0.5, 0.6) is 5.75 Å². The summed E-state index contributed by atoms with van der Waals surface area (Å²) in [6, 6.07) is 16.6. The molecule has 0 saturated carbocycles. The molecule has 1 amide bonds. The third kappa shape index (κ3) is 5.42. The van der Waals surface area contributed by atoms with Crippen molar-refractivity contribution in [3.05, 3.63) is 65.7 Å². The second-order valence-corrected chi connectivity index (χ2v) is 5.70. The fraction of sp³-hybridized carbons (Fsp3) is 0.316. The quantitative estimate of drug-likeness (QED) is 0.826. The van der Waals surface area contributed by atoms with E-state index in [0.717, 1.165) is 16.9 Å². The third-order valence-corrected chi connectivity index (χ3v) is 3.35. The molecule has 0 aliphatic carbocycles. The molecule has 0 heterocycles. The zero-order valence-electron chi connectivity index (χ0n) is 13.5.